The Morgan fingerprint density at radius 1 is 1.22 bits per heavy atom. The first-order valence-electron chi connectivity index (χ1n) is 7.03. The van der Waals surface area contributed by atoms with Crippen molar-refractivity contribution in [3.8, 4) is 0 Å². The van der Waals surface area contributed by atoms with Crippen LogP contribution in [-0.4, -0.2) is 15.1 Å². The van der Waals surface area contributed by atoms with Gasteiger partial charge in [-0.05, 0) is 32.1 Å². The molecule has 0 atom stereocenters. The molecule has 0 bridgehead atoms. The summed E-state index contributed by atoms with van der Waals surface area (Å²) in [6, 6.07) is 0. The van der Waals surface area contributed by atoms with Gasteiger partial charge in [-0.25, -0.2) is 4.98 Å². The van der Waals surface area contributed by atoms with Gasteiger partial charge < -0.3 is 9.88 Å². The van der Waals surface area contributed by atoms with Crippen LogP contribution >= 0.6 is 0 Å². The zero-order valence-electron chi connectivity index (χ0n) is 12.9. The van der Waals surface area contributed by atoms with Gasteiger partial charge in [0, 0.05) is 24.5 Å². The molecule has 0 aromatic carbocycles. The normalized spacial score (nSPS) is 12.8. The summed E-state index contributed by atoms with van der Waals surface area (Å²) < 4.78 is 2.22. The fourth-order valence-electron chi connectivity index (χ4n) is 2.61. The van der Waals surface area contributed by atoms with Crippen molar-refractivity contribution in [3.05, 3.63) is 12.4 Å². The van der Waals surface area contributed by atoms with Gasteiger partial charge >= 0.3 is 0 Å². The highest BCUT2D eigenvalue weighted by Gasteiger charge is 2.26. The molecule has 104 valence electrons. The van der Waals surface area contributed by atoms with Gasteiger partial charge in [-0.1, -0.05) is 34.1 Å². The molecule has 0 aliphatic carbocycles. The molecule has 0 fully saturated rings. The molecule has 0 aliphatic rings. The Balaban J connectivity index is 2.68. The maximum Gasteiger partial charge on any atom is 0.203 e. The SMILES string of the molecule is CCCCn1ccnc1NC(C)(C)CC(C)(C)C. The van der Waals surface area contributed by atoms with E-state index in [0.717, 1.165) is 18.9 Å². The monoisotopic (exact) mass is 251 g/mol. The Morgan fingerprint density at radius 3 is 2.44 bits per heavy atom. The van der Waals surface area contributed by atoms with Crippen molar-refractivity contribution in [1.29, 1.82) is 0 Å². The maximum atomic E-state index is 4.44. The topological polar surface area (TPSA) is 29.9 Å². The number of imidazole rings is 1. The fourth-order valence-corrected chi connectivity index (χ4v) is 2.61. The highest BCUT2D eigenvalue weighted by atomic mass is 15.2. The van der Waals surface area contributed by atoms with Crippen LogP contribution in [0.25, 0.3) is 0 Å². The highest BCUT2D eigenvalue weighted by Crippen LogP contribution is 2.29. The van der Waals surface area contributed by atoms with Gasteiger partial charge in [0.05, 0.1) is 0 Å². The van der Waals surface area contributed by atoms with E-state index in [1.165, 1.54) is 12.8 Å². The Hall–Kier alpha value is -0.990. The average Bonchev–Trinajstić information content (AvgIpc) is 2.57. The lowest BCUT2D eigenvalue weighted by Crippen LogP contribution is -2.36. The summed E-state index contributed by atoms with van der Waals surface area (Å²) in [4.78, 5) is 4.44. The zero-order chi connectivity index (χ0) is 13.8. The second-order valence-corrected chi connectivity index (χ2v) is 7.04. The largest absolute Gasteiger partial charge is 0.351 e. The van der Waals surface area contributed by atoms with Gasteiger partial charge in [0.1, 0.15) is 0 Å². The number of nitrogens with one attached hydrogen (secondary N) is 1. The Bertz CT molecular complexity index is 358. The molecule has 18 heavy (non-hydrogen) atoms. The summed E-state index contributed by atoms with van der Waals surface area (Å²) in [5.74, 6) is 0.998. The van der Waals surface area contributed by atoms with Crippen LogP contribution in [-0.2, 0) is 6.54 Å². The molecule has 1 aromatic rings. The van der Waals surface area contributed by atoms with E-state index in [4.69, 9.17) is 0 Å². The summed E-state index contributed by atoms with van der Waals surface area (Å²) in [5, 5.41) is 3.58. The van der Waals surface area contributed by atoms with Crippen molar-refractivity contribution in [2.75, 3.05) is 5.32 Å². The smallest absolute Gasteiger partial charge is 0.203 e. The molecule has 0 spiro atoms. The van der Waals surface area contributed by atoms with E-state index >= 15 is 0 Å². The molecule has 1 rings (SSSR count). The van der Waals surface area contributed by atoms with E-state index in [9.17, 15) is 0 Å². The first kappa shape index (κ1) is 15.1. The Labute approximate surface area is 112 Å². The van der Waals surface area contributed by atoms with Crippen LogP contribution in [0.3, 0.4) is 0 Å². The first-order chi connectivity index (χ1) is 8.23. The second kappa shape index (κ2) is 5.77. The molecule has 1 N–H and O–H groups in total. The molecule has 0 unspecified atom stereocenters. The zero-order valence-corrected chi connectivity index (χ0v) is 12.9. The number of hydrogen-bond donors (Lipinski definition) is 1. The second-order valence-electron chi connectivity index (χ2n) is 7.04. The van der Waals surface area contributed by atoms with Crippen molar-refractivity contribution >= 4 is 5.95 Å². The molecule has 0 aliphatic heterocycles. The third-order valence-electron chi connectivity index (χ3n) is 2.89. The van der Waals surface area contributed by atoms with Gasteiger partial charge in [-0.3, -0.25) is 0 Å². The molecular weight excluding hydrogens is 222 g/mol. The van der Waals surface area contributed by atoms with Crippen LogP contribution in [0.1, 0.15) is 60.8 Å². The lowest BCUT2D eigenvalue weighted by atomic mass is 9.82. The quantitative estimate of drug-likeness (QED) is 0.816. The van der Waals surface area contributed by atoms with Crippen LogP contribution in [0.2, 0.25) is 0 Å². The van der Waals surface area contributed by atoms with Gasteiger partial charge in [-0.2, -0.15) is 0 Å². The number of unbranched alkanes of at least 4 members (excludes halogenated alkanes) is 1. The van der Waals surface area contributed by atoms with Crippen molar-refractivity contribution in [2.45, 2.75) is 72.9 Å². The van der Waals surface area contributed by atoms with Gasteiger partial charge in [0.2, 0.25) is 5.95 Å². The number of aromatic nitrogens is 2. The standard InChI is InChI=1S/C15H29N3/c1-7-8-10-18-11-9-16-13(18)17-15(5,6)12-14(2,3)4/h9,11H,7-8,10,12H2,1-6H3,(H,16,17). The molecule has 0 saturated carbocycles. The minimum atomic E-state index is 0.0631. The molecule has 3 heteroatoms. The summed E-state index contributed by atoms with van der Waals surface area (Å²) >= 11 is 0. The molecule has 0 amide bonds. The van der Waals surface area contributed by atoms with Crippen LogP contribution in [0.5, 0.6) is 0 Å². The predicted molar refractivity (Wildman–Crippen MR) is 78.9 cm³/mol. The summed E-state index contributed by atoms with van der Waals surface area (Å²) in [6.45, 7) is 14.6. The van der Waals surface area contributed by atoms with E-state index in [-0.39, 0.29) is 5.54 Å². The number of nitrogens with zero attached hydrogens (tertiary/aromatic N) is 2. The molecular formula is C15H29N3. The molecule has 0 radical (unpaired) electrons. The van der Waals surface area contributed by atoms with Gasteiger partial charge in [0.25, 0.3) is 0 Å². The number of hydrogen-bond acceptors (Lipinski definition) is 2. The lowest BCUT2D eigenvalue weighted by molar-refractivity contribution is 0.301. The lowest BCUT2D eigenvalue weighted by Gasteiger charge is -2.33. The molecule has 0 saturated heterocycles. The van der Waals surface area contributed by atoms with Crippen molar-refractivity contribution in [3.63, 3.8) is 0 Å². The number of anilines is 1. The summed E-state index contributed by atoms with van der Waals surface area (Å²) in [7, 11) is 0. The van der Waals surface area contributed by atoms with E-state index in [1.54, 1.807) is 0 Å². The van der Waals surface area contributed by atoms with E-state index < -0.39 is 0 Å². The maximum absolute atomic E-state index is 4.44. The minimum Gasteiger partial charge on any atom is -0.351 e. The summed E-state index contributed by atoms with van der Waals surface area (Å²) in [6.07, 6.45) is 7.46. The first-order valence-corrected chi connectivity index (χ1v) is 7.03. The Kier molecular flexibility index (Phi) is 4.83. The number of aryl methyl sites for hydroxylation is 1. The highest BCUT2D eigenvalue weighted by molar-refractivity contribution is 5.30. The van der Waals surface area contributed by atoms with E-state index in [2.05, 4.69) is 62.6 Å². The third kappa shape index (κ3) is 5.11. The number of rotatable bonds is 6. The van der Waals surface area contributed by atoms with Crippen molar-refractivity contribution in [1.82, 2.24) is 9.55 Å². The molecule has 1 heterocycles. The van der Waals surface area contributed by atoms with Gasteiger partial charge in [0.15, 0.2) is 0 Å². The van der Waals surface area contributed by atoms with Crippen LogP contribution in [0.15, 0.2) is 12.4 Å². The molecule has 1 aromatic heterocycles. The molecule has 3 nitrogen and oxygen atoms in total. The van der Waals surface area contributed by atoms with Gasteiger partial charge in [-0.15, -0.1) is 0 Å². The van der Waals surface area contributed by atoms with Crippen molar-refractivity contribution in [2.24, 2.45) is 5.41 Å². The van der Waals surface area contributed by atoms with Crippen LogP contribution in [0, 0.1) is 5.41 Å². The van der Waals surface area contributed by atoms with Crippen molar-refractivity contribution < 1.29 is 0 Å². The van der Waals surface area contributed by atoms with Crippen LogP contribution in [0.4, 0.5) is 5.95 Å². The minimum absolute atomic E-state index is 0.0631. The van der Waals surface area contributed by atoms with E-state index in [0.29, 0.717) is 5.41 Å². The predicted octanol–water partition coefficient (Wildman–Crippen LogP) is 4.31. The average molecular weight is 251 g/mol. The van der Waals surface area contributed by atoms with E-state index in [1.807, 2.05) is 6.20 Å². The fraction of sp³-hybridized carbons (Fsp3) is 0.800. The van der Waals surface area contributed by atoms with Crippen LogP contribution < -0.4 is 5.32 Å². The third-order valence-corrected chi connectivity index (χ3v) is 2.89. The Morgan fingerprint density at radius 2 is 1.89 bits per heavy atom. The summed E-state index contributed by atoms with van der Waals surface area (Å²) in [5.41, 5.74) is 0.380.